The maximum Gasteiger partial charge on any atom is 0.319 e. The van der Waals surface area contributed by atoms with Gasteiger partial charge in [-0.15, -0.1) is 0 Å². The molecule has 0 radical (unpaired) electrons. The number of benzene rings is 2. The number of nitrogens with one attached hydrogen (secondary N) is 2. The summed E-state index contributed by atoms with van der Waals surface area (Å²) in [4.78, 5) is 12.2. The highest BCUT2D eigenvalue weighted by Gasteiger charge is 2.16. The molecule has 0 atom stereocenters. The van der Waals surface area contributed by atoms with Gasteiger partial charge in [0.05, 0.1) is 4.90 Å². The number of sulfone groups is 1. The molecular weight excluding hydrogens is 352 g/mol. The molecule has 2 amide bonds. The summed E-state index contributed by atoms with van der Waals surface area (Å²) in [6.07, 6.45) is 5.58. The number of ether oxygens (including phenoxy) is 1. The smallest absolute Gasteiger partial charge is 0.319 e. The lowest BCUT2D eigenvalue weighted by atomic mass is 10.2. The third kappa shape index (κ3) is 4.98. The van der Waals surface area contributed by atoms with Crippen LogP contribution in [0.2, 0.25) is 0 Å². The first-order chi connectivity index (χ1) is 12.4. The van der Waals surface area contributed by atoms with E-state index in [0.717, 1.165) is 19.1 Å². The highest BCUT2D eigenvalue weighted by Crippen LogP contribution is 2.24. The first-order valence-electron chi connectivity index (χ1n) is 8.56. The third-order valence-electron chi connectivity index (χ3n) is 4.29. The van der Waals surface area contributed by atoms with Crippen molar-refractivity contribution in [1.29, 1.82) is 0 Å². The van der Waals surface area contributed by atoms with Crippen molar-refractivity contribution in [3.8, 4) is 11.5 Å². The Morgan fingerprint density at radius 1 is 0.962 bits per heavy atom. The second-order valence-electron chi connectivity index (χ2n) is 6.45. The molecule has 0 aliphatic heterocycles. The number of carbonyl (C=O) groups excluding carboxylic acids is 1. The van der Waals surface area contributed by atoms with Crippen molar-refractivity contribution in [3.05, 3.63) is 48.5 Å². The zero-order valence-electron chi connectivity index (χ0n) is 14.6. The topological polar surface area (TPSA) is 84.5 Å². The second kappa shape index (κ2) is 7.78. The van der Waals surface area contributed by atoms with E-state index in [1.165, 1.54) is 25.0 Å². The molecule has 1 aliphatic rings. The quantitative estimate of drug-likeness (QED) is 0.830. The molecule has 1 fully saturated rings. The molecule has 26 heavy (non-hydrogen) atoms. The second-order valence-corrected chi connectivity index (χ2v) is 8.47. The number of anilines is 1. The van der Waals surface area contributed by atoms with Gasteiger partial charge < -0.3 is 15.4 Å². The normalized spacial score (nSPS) is 14.8. The average molecular weight is 374 g/mol. The zero-order chi connectivity index (χ0) is 18.6. The number of hydrogen-bond acceptors (Lipinski definition) is 4. The van der Waals surface area contributed by atoms with Gasteiger partial charge in [-0.3, -0.25) is 0 Å². The summed E-state index contributed by atoms with van der Waals surface area (Å²) in [5.74, 6) is 1.14. The van der Waals surface area contributed by atoms with Gasteiger partial charge in [0.1, 0.15) is 11.5 Å². The minimum Gasteiger partial charge on any atom is -0.457 e. The summed E-state index contributed by atoms with van der Waals surface area (Å²) in [6.45, 7) is 0. The van der Waals surface area contributed by atoms with Gasteiger partial charge in [-0.05, 0) is 61.4 Å². The molecule has 0 unspecified atom stereocenters. The number of carbonyl (C=O) groups is 1. The van der Waals surface area contributed by atoms with Gasteiger partial charge in [0.15, 0.2) is 9.84 Å². The van der Waals surface area contributed by atoms with Crippen LogP contribution in [0.25, 0.3) is 0 Å². The van der Waals surface area contributed by atoms with Crippen LogP contribution in [0.4, 0.5) is 10.5 Å². The van der Waals surface area contributed by atoms with E-state index >= 15 is 0 Å². The Labute approximate surface area is 153 Å². The van der Waals surface area contributed by atoms with Crippen molar-refractivity contribution >= 4 is 21.6 Å². The summed E-state index contributed by atoms with van der Waals surface area (Å²) >= 11 is 0. The molecule has 138 valence electrons. The van der Waals surface area contributed by atoms with Gasteiger partial charge in [0.25, 0.3) is 0 Å². The number of rotatable bonds is 5. The van der Waals surface area contributed by atoms with Crippen molar-refractivity contribution in [3.63, 3.8) is 0 Å². The highest BCUT2D eigenvalue weighted by molar-refractivity contribution is 7.90. The van der Waals surface area contributed by atoms with Gasteiger partial charge in [-0.1, -0.05) is 12.8 Å². The summed E-state index contributed by atoms with van der Waals surface area (Å²) in [6, 6.07) is 13.3. The largest absolute Gasteiger partial charge is 0.457 e. The molecule has 2 aromatic rings. The highest BCUT2D eigenvalue weighted by atomic mass is 32.2. The van der Waals surface area contributed by atoms with Crippen LogP contribution < -0.4 is 15.4 Å². The molecule has 0 aromatic heterocycles. The fourth-order valence-electron chi connectivity index (χ4n) is 2.92. The van der Waals surface area contributed by atoms with Crippen LogP contribution in [0.5, 0.6) is 11.5 Å². The van der Waals surface area contributed by atoms with E-state index in [4.69, 9.17) is 4.74 Å². The van der Waals surface area contributed by atoms with E-state index in [-0.39, 0.29) is 17.0 Å². The van der Waals surface area contributed by atoms with Crippen LogP contribution >= 0.6 is 0 Å². The fraction of sp³-hybridized carbons (Fsp3) is 0.316. The van der Waals surface area contributed by atoms with Crippen LogP contribution in [-0.4, -0.2) is 26.7 Å². The predicted octanol–water partition coefficient (Wildman–Crippen LogP) is 3.95. The number of hydrogen-bond donors (Lipinski definition) is 2. The summed E-state index contributed by atoms with van der Waals surface area (Å²) in [5.41, 5.74) is 0.681. The molecule has 1 saturated carbocycles. The van der Waals surface area contributed by atoms with Crippen molar-refractivity contribution in [2.45, 2.75) is 36.6 Å². The van der Waals surface area contributed by atoms with E-state index < -0.39 is 9.84 Å². The molecule has 0 heterocycles. The standard InChI is InChI=1S/C19H22N2O4S/c1-26(23,24)18-12-10-17(11-13-18)25-16-8-6-15(7-9-16)21-19(22)20-14-4-2-3-5-14/h6-14H,2-5H2,1H3,(H2,20,21,22). The van der Waals surface area contributed by atoms with E-state index in [0.29, 0.717) is 17.2 Å². The van der Waals surface area contributed by atoms with Crippen LogP contribution in [0.15, 0.2) is 53.4 Å². The molecule has 2 N–H and O–H groups in total. The Morgan fingerprint density at radius 3 is 2.04 bits per heavy atom. The molecule has 0 spiro atoms. The Morgan fingerprint density at radius 2 is 1.50 bits per heavy atom. The van der Waals surface area contributed by atoms with E-state index in [2.05, 4.69) is 10.6 Å². The lowest BCUT2D eigenvalue weighted by Crippen LogP contribution is -2.36. The minimum atomic E-state index is -3.22. The van der Waals surface area contributed by atoms with Gasteiger partial charge in [-0.25, -0.2) is 13.2 Å². The molecule has 0 bridgehead atoms. The summed E-state index contributed by atoms with van der Waals surface area (Å²) in [5, 5.41) is 5.78. The maximum absolute atomic E-state index is 12.0. The molecule has 7 heteroatoms. The van der Waals surface area contributed by atoms with Crippen LogP contribution in [-0.2, 0) is 9.84 Å². The van der Waals surface area contributed by atoms with Gasteiger partial charge >= 0.3 is 6.03 Å². The number of amides is 2. The van der Waals surface area contributed by atoms with E-state index in [1.54, 1.807) is 36.4 Å². The summed E-state index contributed by atoms with van der Waals surface area (Å²) < 4.78 is 28.6. The molecule has 0 saturated heterocycles. The summed E-state index contributed by atoms with van der Waals surface area (Å²) in [7, 11) is -3.22. The lowest BCUT2D eigenvalue weighted by molar-refractivity contribution is 0.248. The Kier molecular flexibility index (Phi) is 5.46. The lowest BCUT2D eigenvalue weighted by Gasteiger charge is -2.13. The molecule has 1 aliphatic carbocycles. The minimum absolute atomic E-state index is 0.193. The third-order valence-corrected chi connectivity index (χ3v) is 5.42. The van der Waals surface area contributed by atoms with Crippen molar-refractivity contribution in [1.82, 2.24) is 5.32 Å². The Hall–Kier alpha value is -2.54. The van der Waals surface area contributed by atoms with Crippen molar-refractivity contribution in [2.24, 2.45) is 0 Å². The number of urea groups is 1. The van der Waals surface area contributed by atoms with Crippen LogP contribution in [0.3, 0.4) is 0 Å². The fourth-order valence-corrected chi connectivity index (χ4v) is 3.55. The first kappa shape index (κ1) is 18.3. The van der Waals surface area contributed by atoms with E-state index in [9.17, 15) is 13.2 Å². The monoisotopic (exact) mass is 374 g/mol. The van der Waals surface area contributed by atoms with Crippen LogP contribution in [0, 0.1) is 0 Å². The van der Waals surface area contributed by atoms with Gasteiger partial charge in [-0.2, -0.15) is 0 Å². The average Bonchev–Trinajstić information content (AvgIpc) is 3.09. The Balaban J connectivity index is 1.56. The zero-order valence-corrected chi connectivity index (χ0v) is 15.4. The first-order valence-corrected chi connectivity index (χ1v) is 10.4. The molecule has 6 nitrogen and oxygen atoms in total. The molecule has 2 aromatic carbocycles. The maximum atomic E-state index is 12.0. The van der Waals surface area contributed by atoms with Crippen molar-refractivity contribution in [2.75, 3.05) is 11.6 Å². The van der Waals surface area contributed by atoms with Gasteiger partial charge in [0, 0.05) is 18.0 Å². The van der Waals surface area contributed by atoms with Crippen molar-refractivity contribution < 1.29 is 17.9 Å². The SMILES string of the molecule is CS(=O)(=O)c1ccc(Oc2ccc(NC(=O)NC3CCCC3)cc2)cc1. The molecule has 3 rings (SSSR count). The predicted molar refractivity (Wildman–Crippen MR) is 100 cm³/mol. The van der Waals surface area contributed by atoms with E-state index in [1.807, 2.05) is 0 Å². The van der Waals surface area contributed by atoms with Crippen LogP contribution in [0.1, 0.15) is 25.7 Å². The van der Waals surface area contributed by atoms with Gasteiger partial charge in [0.2, 0.25) is 0 Å². The molecular formula is C19H22N2O4S. The Bertz CT molecular complexity index is 855.